The molecule has 0 aliphatic carbocycles. The Morgan fingerprint density at radius 3 is 2.69 bits per heavy atom. The number of carboxylic acid groups (broad SMARTS) is 1. The molecule has 0 radical (unpaired) electrons. The number of carbonyl (C=O) groups is 1. The SMILES string of the molecule is CC(C)C(C(=O)O)S(=O)Cc1cccnc1. The minimum Gasteiger partial charge on any atom is -0.480 e. The number of nitrogens with zero attached hydrogens (tertiary/aromatic N) is 1. The summed E-state index contributed by atoms with van der Waals surface area (Å²) in [5.41, 5.74) is 0.799. The van der Waals surface area contributed by atoms with Crippen molar-refractivity contribution in [2.75, 3.05) is 0 Å². The van der Waals surface area contributed by atoms with E-state index in [1.165, 1.54) is 0 Å². The van der Waals surface area contributed by atoms with E-state index in [0.717, 1.165) is 5.56 Å². The third-order valence-electron chi connectivity index (χ3n) is 2.16. The Balaban J connectivity index is 2.74. The van der Waals surface area contributed by atoms with Gasteiger partial charge in [-0.1, -0.05) is 19.9 Å². The quantitative estimate of drug-likeness (QED) is 0.847. The molecular weight excluding hydrogens is 226 g/mol. The van der Waals surface area contributed by atoms with E-state index in [1.54, 1.807) is 38.4 Å². The standard InChI is InChI=1S/C11H15NO3S/c1-8(2)10(11(13)14)16(15)7-9-4-3-5-12-6-9/h3-6,8,10H,7H2,1-2H3,(H,13,14). The zero-order valence-electron chi connectivity index (χ0n) is 9.29. The number of aromatic nitrogens is 1. The van der Waals surface area contributed by atoms with Gasteiger partial charge in [0.25, 0.3) is 0 Å². The maximum Gasteiger partial charge on any atom is 0.319 e. The Bertz CT molecular complexity index is 378. The summed E-state index contributed by atoms with van der Waals surface area (Å²) in [5, 5.41) is 8.16. The molecule has 0 aliphatic heterocycles. The number of pyridine rings is 1. The van der Waals surface area contributed by atoms with Crippen molar-refractivity contribution in [3.05, 3.63) is 30.1 Å². The molecule has 5 heteroatoms. The molecule has 1 N–H and O–H groups in total. The minimum absolute atomic E-state index is 0.144. The molecular formula is C11H15NO3S. The Morgan fingerprint density at radius 2 is 2.25 bits per heavy atom. The van der Waals surface area contributed by atoms with Crippen molar-refractivity contribution in [1.29, 1.82) is 0 Å². The topological polar surface area (TPSA) is 67.3 Å². The predicted molar refractivity (Wildman–Crippen MR) is 62.3 cm³/mol. The summed E-state index contributed by atoms with van der Waals surface area (Å²) < 4.78 is 11.9. The van der Waals surface area contributed by atoms with Gasteiger partial charge in [0, 0.05) is 23.2 Å². The van der Waals surface area contributed by atoms with Crippen LogP contribution in [0.3, 0.4) is 0 Å². The highest BCUT2D eigenvalue weighted by Crippen LogP contribution is 2.14. The average Bonchev–Trinajstić information content (AvgIpc) is 2.17. The molecule has 88 valence electrons. The van der Waals surface area contributed by atoms with Gasteiger partial charge in [0.1, 0.15) is 5.25 Å². The molecule has 2 unspecified atom stereocenters. The summed E-state index contributed by atoms with van der Waals surface area (Å²) in [7, 11) is -1.41. The van der Waals surface area contributed by atoms with Gasteiger partial charge >= 0.3 is 5.97 Å². The zero-order valence-corrected chi connectivity index (χ0v) is 10.1. The number of carboxylic acids is 1. The van der Waals surface area contributed by atoms with Gasteiger partial charge in [0.05, 0.1) is 5.75 Å². The van der Waals surface area contributed by atoms with E-state index in [2.05, 4.69) is 4.98 Å². The molecule has 0 bridgehead atoms. The van der Waals surface area contributed by atoms with Crippen LogP contribution in [0, 0.1) is 5.92 Å². The fourth-order valence-corrected chi connectivity index (χ4v) is 2.95. The van der Waals surface area contributed by atoms with Crippen LogP contribution in [0.25, 0.3) is 0 Å². The van der Waals surface area contributed by atoms with Crippen LogP contribution < -0.4 is 0 Å². The van der Waals surface area contributed by atoms with Crippen molar-refractivity contribution >= 4 is 16.8 Å². The lowest BCUT2D eigenvalue weighted by Gasteiger charge is -2.15. The molecule has 0 saturated heterocycles. The van der Waals surface area contributed by atoms with Crippen molar-refractivity contribution in [2.24, 2.45) is 5.92 Å². The number of hydrogen-bond acceptors (Lipinski definition) is 3. The number of rotatable bonds is 5. The van der Waals surface area contributed by atoms with Crippen LogP contribution in [-0.2, 0) is 21.3 Å². The molecule has 0 spiro atoms. The molecule has 16 heavy (non-hydrogen) atoms. The normalized spacial score (nSPS) is 14.7. The first-order valence-electron chi connectivity index (χ1n) is 5.01. The van der Waals surface area contributed by atoms with Crippen LogP contribution in [0.5, 0.6) is 0 Å². The van der Waals surface area contributed by atoms with Crippen molar-refractivity contribution < 1.29 is 14.1 Å². The molecule has 4 nitrogen and oxygen atoms in total. The molecule has 1 aromatic rings. The lowest BCUT2D eigenvalue weighted by Crippen LogP contribution is -2.31. The average molecular weight is 241 g/mol. The van der Waals surface area contributed by atoms with Crippen LogP contribution in [0.15, 0.2) is 24.5 Å². The van der Waals surface area contributed by atoms with E-state index in [-0.39, 0.29) is 11.7 Å². The second-order valence-corrected chi connectivity index (χ2v) is 5.45. The van der Waals surface area contributed by atoms with E-state index in [9.17, 15) is 9.00 Å². The van der Waals surface area contributed by atoms with Crippen LogP contribution in [0.1, 0.15) is 19.4 Å². The smallest absolute Gasteiger partial charge is 0.319 e. The molecule has 0 saturated carbocycles. The van der Waals surface area contributed by atoms with Crippen molar-refractivity contribution in [3.63, 3.8) is 0 Å². The highest BCUT2D eigenvalue weighted by atomic mass is 32.2. The maximum absolute atomic E-state index is 11.9. The largest absolute Gasteiger partial charge is 0.480 e. The monoisotopic (exact) mass is 241 g/mol. The molecule has 0 aromatic carbocycles. The summed E-state index contributed by atoms with van der Waals surface area (Å²) in [6, 6.07) is 3.54. The van der Waals surface area contributed by atoms with E-state index in [1.807, 2.05) is 0 Å². The van der Waals surface area contributed by atoms with Crippen molar-refractivity contribution in [3.8, 4) is 0 Å². The van der Waals surface area contributed by atoms with E-state index in [4.69, 9.17) is 5.11 Å². The van der Waals surface area contributed by atoms with Gasteiger partial charge in [-0.15, -0.1) is 0 Å². The van der Waals surface area contributed by atoms with Gasteiger partial charge in [0.2, 0.25) is 0 Å². The fourth-order valence-electron chi connectivity index (χ4n) is 1.44. The summed E-state index contributed by atoms with van der Waals surface area (Å²) in [5.74, 6) is -0.907. The molecule has 1 heterocycles. The lowest BCUT2D eigenvalue weighted by molar-refractivity contribution is -0.137. The van der Waals surface area contributed by atoms with Crippen molar-refractivity contribution in [1.82, 2.24) is 4.98 Å². The first-order valence-corrected chi connectivity index (χ1v) is 6.39. The van der Waals surface area contributed by atoms with E-state index < -0.39 is 22.0 Å². The third kappa shape index (κ3) is 3.41. The lowest BCUT2D eigenvalue weighted by atomic mass is 10.1. The molecule has 0 aliphatic rings. The number of hydrogen-bond donors (Lipinski definition) is 1. The Hall–Kier alpha value is -1.23. The third-order valence-corrected chi connectivity index (χ3v) is 4.09. The first-order chi connectivity index (χ1) is 7.52. The van der Waals surface area contributed by atoms with Crippen LogP contribution in [-0.4, -0.2) is 25.5 Å². The van der Waals surface area contributed by atoms with Crippen LogP contribution >= 0.6 is 0 Å². The molecule has 1 aromatic heterocycles. The Labute approximate surface area is 97.2 Å². The van der Waals surface area contributed by atoms with Gasteiger partial charge in [-0.25, -0.2) is 0 Å². The second kappa shape index (κ2) is 5.75. The summed E-state index contributed by atoms with van der Waals surface area (Å²) in [6.45, 7) is 3.53. The summed E-state index contributed by atoms with van der Waals surface area (Å²) >= 11 is 0. The highest BCUT2D eigenvalue weighted by Gasteiger charge is 2.27. The number of aliphatic carboxylic acids is 1. The van der Waals surface area contributed by atoms with E-state index in [0.29, 0.717) is 0 Å². The molecule has 0 amide bonds. The Kier molecular flexibility index (Phi) is 4.61. The fraction of sp³-hybridized carbons (Fsp3) is 0.455. The minimum atomic E-state index is -1.41. The highest BCUT2D eigenvalue weighted by molar-refractivity contribution is 7.85. The molecule has 1 rings (SSSR count). The first kappa shape index (κ1) is 12.8. The van der Waals surface area contributed by atoms with E-state index >= 15 is 0 Å². The second-order valence-electron chi connectivity index (χ2n) is 3.89. The van der Waals surface area contributed by atoms with Crippen LogP contribution in [0.2, 0.25) is 0 Å². The van der Waals surface area contributed by atoms with Gasteiger partial charge in [-0.3, -0.25) is 14.0 Å². The summed E-state index contributed by atoms with van der Waals surface area (Å²) in [6.07, 6.45) is 3.24. The van der Waals surface area contributed by atoms with Gasteiger partial charge in [-0.2, -0.15) is 0 Å². The van der Waals surface area contributed by atoms with Crippen LogP contribution in [0.4, 0.5) is 0 Å². The summed E-state index contributed by atoms with van der Waals surface area (Å²) in [4.78, 5) is 14.9. The predicted octanol–water partition coefficient (Wildman–Crippen LogP) is 1.44. The maximum atomic E-state index is 11.9. The Morgan fingerprint density at radius 1 is 1.56 bits per heavy atom. The van der Waals surface area contributed by atoms with Crippen molar-refractivity contribution in [2.45, 2.75) is 24.9 Å². The van der Waals surface area contributed by atoms with Gasteiger partial charge in [0.15, 0.2) is 0 Å². The zero-order chi connectivity index (χ0) is 12.1. The van der Waals surface area contributed by atoms with Gasteiger partial charge in [-0.05, 0) is 17.5 Å². The molecule has 2 atom stereocenters. The molecule has 0 fully saturated rings. The van der Waals surface area contributed by atoms with Gasteiger partial charge < -0.3 is 5.11 Å².